The maximum Gasteiger partial charge on any atom is 0.146 e. The van der Waals surface area contributed by atoms with E-state index in [1.54, 1.807) is 6.07 Å². The highest BCUT2D eigenvalue weighted by atomic mass is 19.1. The summed E-state index contributed by atoms with van der Waals surface area (Å²) in [5.41, 5.74) is 9.00. The van der Waals surface area contributed by atoms with Crippen molar-refractivity contribution in [2.75, 3.05) is 18.0 Å². The van der Waals surface area contributed by atoms with Gasteiger partial charge in [0.2, 0.25) is 0 Å². The number of aryl methyl sites for hydroxylation is 1. The molecule has 0 aliphatic carbocycles. The Bertz CT molecular complexity index is 566. The summed E-state index contributed by atoms with van der Waals surface area (Å²) in [6.07, 6.45) is 1.01. The van der Waals surface area contributed by atoms with Gasteiger partial charge in [0, 0.05) is 13.1 Å². The molecule has 0 aliphatic rings. The van der Waals surface area contributed by atoms with Crippen LogP contribution in [0, 0.1) is 5.82 Å². The van der Waals surface area contributed by atoms with Gasteiger partial charge in [-0.2, -0.15) is 0 Å². The predicted molar refractivity (Wildman–Crippen MR) is 87.0 cm³/mol. The number of nitrogens with two attached hydrogens (primary N) is 1. The summed E-state index contributed by atoms with van der Waals surface area (Å²) in [6.45, 7) is 5.31. The van der Waals surface area contributed by atoms with Crippen LogP contribution in [0.4, 0.5) is 10.1 Å². The normalized spacial score (nSPS) is 12.2. The topological polar surface area (TPSA) is 29.3 Å². The van der Waals surface area contributed by atoms with E-state index >= 15 is 0 Å². The smallest absolute Gasteiger partial charge is 0.146 e. The highest BCUT2D eigenvalue weighted by molar-refractivity contribution is 5.50. The number of benzene rings is 2. The van der Waals surface area contributed by atoms with Crippen LogP contribution in [0.15, 0.2) is 48.5 Å². The Morgan fingerprint density at radius 2 is 1.71 bits per heavy atom. The lowest BCUT2D eigenvalue weighted by molar-refractivity contribution is 0.588. The maximum absolute atomic E-state index is 14.1. The van der Waals surface area contributed by atoms with Crippen LogP contribution in [0.1, 0.15) is 31.0 Å². The molecule has 0 radical (unpaired) electrons. The lowest BCUT2D eigenvalue weighted by Gasteiger charge is -2.32. The molecule has 0 saturated carbocycles. The minimum Gasteiger partial charge on any atom is -0.361 e. The van der Waals surface area contributed by atoms with E-state index in [2.05, 4.69) is 31.2 Å². The van der Waals surface area contributed by atoms with Crippen LogP contribution >= 0.6 is 0 Å². The zero-order valence-electron chi connectivity index (χ0n) is 12.7. The third kappa shape index (κ3) is 3.42. The Morgan fingerprint density at radius 3 is 2.24 bits per heavy atom. The Balaban J connectivity index is 2.35. The fourth-order valence-corrected chi connectivity index (χ4v) is 2.66. The maximum atomic E-state index is 14.1. The number of halogens is 1. The van der Waals surface area contributed by atoms with Crippen molar-refractivity contribution in [3.05, 3.63) is 65.5 Å². The van der Waals surface area contributed by atoms with Gasteiger partial charge in [-0.1, -0.05) is 43.3 Å². The lowest BCUT2D eigenvalue weighted by atomic mass is 10.0. The zero-order valence-corrected chi connectivity index (χ0v) is 12.7. The van der Waals surface area contributed by atoms with Gasteiger partial charge in [-0.25, -0.2) is 4.39 Å². The van der Waals surface area contributed by atoms with E-state index in [4.69, 9.17) is 5.73 Å². The van der Waals surface area contributed by atoms with Crippen LogP contribution in [-0.2, 0) is 6.42 Å². The van der Waals surface area contributed by atoms with Crippen molar-refractivity contribution in [3.63, 3.8) is 0 Å². The molecule has 112 valence electrons. The van der Waals surface area contributed by atoms with Gasteiger partial charge in [-0.3, -0.25) is 0 Å². The summed E-state index contributed by atoms with van der Waals surface area (Å²) in [5.74, 6) is -0.206. The largest absolute Gasteiger partial charge is 0.361 e. The molecule has 1 unspecified atom stereocenters. The molecule has 0 saturated heterocycles. The Kier molecular flexibility index (Phi) is 5.34. The van der Waals surface area contributed by atoms with E-state index < -0.39 is 0 Å². The lowest BCUT2D eigenvalue weighted by Crippen LogP contribution is -2.34. The van der Waals surface area contributed by atoms with E-state index in [0.29, 0.717) is 18.8 Å². The molecule has 2 nitrogen and oxygen atoms in total. The Hall–Kier alpha value is -1.87. The van der Waals surface area contributed by atoms with E-state index in [-0.39, 0.29) is 11.9 Å². The first-order valence-corrected chi connectivity index (χ1v) is 7.51. The molecule has 0 bridgehead atoms. The van der Waals surface area contributed by atoms with Crippen LogP contribution in [0.5, 0.6) is 0 Å². The molecule has 0 aliphatic heterocycles. The molecule has 3 heteroatoms. The molecule has 2 aromatic carbocycles. The average Bonchev–Trinajstić information content (AvgIpc) is 2.54. The van der Waals surface area contributed by atoms with Gasteiger partial charge in [0.05, 0.1) is 11.7 Å². The summed E-state index contributed by atoms with van der Waals surface area (Å²) in [7, 11) is 0. The molecule has 0 spiro atoms. The highest BCUT2D eigenvalue weighted by Crippen LogP contribution is 2.28. The van der Waals surface area contributed by atoms with Gasteiger partial charge in [0.15, 0.2) is 0 Å². The molecule has 0 heterocycles. The minimum atomic E-state index is -0.206. The van der Waals surface area contributed by atoms with Crippen molar-refractivity contribution in [2.24, 2.45) is 5.73 Å². The third-order valence-corrected chi connectivity index (χ3v) is 3.87. The van der Waals surface area contributed by atoms with Gasteiger partial charge in [-0.15, -0.1) is 0 Å². The number of nitrogens with zero attached hydrogens (tertiary/aromatic N) is 1. The highest BCUT2D eigenvalue weighted by Gasteiger charge is 2.20. The molecule has 1 atom stereocenters. The fourth-order valence-electron chi connectivity index (χ4n) is 2.66. The number of hydrogen-bond acceptors (Lipinski definition) is 2. The Morgan fingerprint density at radius 1 is 1.05 bits per heavy atom. The fraction of sp³-hybridized carbons (Fsp3) is 0.333. The third-order valence-electron chi connectivity index (χ3n) is 3.87. The zero-order chi connectivity index (χ0) is 15.2. The van der Waals surface area contributed by atoms with E-state index in [9.17, 15) is 4.39 Å². The predicted octanol–water partition coefficient (Wildman–Crippen LogP) is 3.91. The second kappa shape index (κ2) is 7.23. The van der Waals surface area contributed by atoms with Crippen molar-refractivity contribution < 1.29 is 4.39 Å². The summed E-state index contributed by atoms with van der Waals surface area (Å²) >= 11 is 0. The molecule has 0 amide bonds. The molecule has 0 aromatic heterocycles. The van der Waals surface area contributed by atoms with Crippen molar-refractivity contribution in [2.45, 2.75) is 26.3 Å². The van der Waals surface area contributed by atoms with E-state index in [1.807, 2.05) is 24.0 Å². The van der Waals surface area contributed by atoms with E-state index in [0.717, 1.165) is 12.0 Å². The molecule has 2 N–H and O–H groups in total. The van der Waals surface area contributed by atoms with Crippen molar-refractivity contribution in [1.82, 2.24) is 0 Å². The standard InChI is InChI=1S/C18H23FN2/c1-3-14-9-11-15(12-10-14)18(13-20)21(4-2)17-8-6-5-7-16(17)19/h5-12,18H,3-4,13,20H2,1-2H3. The summed E-state index contributed by atoms with van der Waals surface area (Å²) in [4.78, 5) is 2.02. The molecular weight excluding hydrogens is 263 g/mol. The molecule has 2 aromatic rings. The quantitative estimate of drug-likeness (QED) is 0.872. The van der Waals surface area contributed by atoms with Gasteiger partial charge in [0.25, 0.3) is 0 Å². The van der Waals surface area contributed by atoms with Crippen LogP contribution in [0.25, 0.3) is 0 Å². The van der Waals surface area contributed by atoms with Crippen LogP contribution in [0.3, 0.4) is 0 Å². The molecule has 21 heavy (non-hydrogen) atoms. The molecular formula is C18H23FN2. The SMILES string of the molecule is CCc1ccc(C(CN)N(CC)c2ccccc2F)cc1. The van der Waals surface area contributed by atoms with Crippen molar-refractivity contribution >= 4 is 5.69 Å². The van der Waals surface area contributed by atoms with Crippen molar-refractivity contribution in [3.8, 4) is 0 Å². The van der Waals surface area contributed by atoms with Crippen molar-refractivity contribution in [1.29, 1.82) is 0 Å². The monoisotopic (exact) mass is 286 g/mol. The van der Waals surface area contributed by atoms with E-state index in [1.165, 1.54) is 11.6 Å². The van der Waals surface area contributed by atoms with Crippen LogP contribution in [0.2, 0.25) is 0 Å². The first kappa shape index (κ1) is 15.5. The van der Waals surface area contributed by atoms with Gasteiger partial charge >= 0.3 is 0 Å². The molecule has 0 fully saturated rings. The Labute approximate surface area is 126 Å². The van der Waals surface area contributed by atoms with Gasteiger partial charge < -0.3 is 10.6 Å². The second-order valence-electron chi connectivity index (χ2n) is 5.08. The van der Waals surface area contributed by atoms with Crippen LogP contribution < -0.4 is 10.6 Å². The summed E-state index contributed by atoms with van der Waals surface area (Å²) < 4.78 is 14.1. The first-order chi connectivity index (χ1) is 10.2. The van der Waals surface area contributed by atoms with Crippen LogP contribution in [-0.4, -0.2) is 13.1 Å². The number of hydrogen-bond donors (Lipinski definition) is 1. The average molecular weight is 286 g/mol. The number of para-hydroxylation sites is 1. The van der Waals surface area contributed by atoms with Gasteiger partial charge in [0.1, 0.15) is 5.82 Å². The second-order valence-corrected chi connectivity index (χ2v) is 5.08. The summed E-state index contributed by atoms with van der Waals surface area (Å²) in [5, 5.41) is 0. The number of rotatable bonds is 6. The van der Waals surface area contributed by atoms with Gasteiger partial charge in [-0.05, 0) is 36.6 Å². The first-order valence-electron chi connectivity index (χ1n) is 7.51. The number of anilines is 1. The molecule has 2 rings (SSSR count). The summed E-state index contributed by atoms with van der Waals surface area (Å²) in [6, 6.07) is 15.3. The minimum absolute atomic E-state index is 0.0159. The number of likely N-dealkylation sites (N-methyl/N-ethyl adjacent to an activating group) is 1.